The molecular formula is C7H5ClF3NO2S. The van der Waals surface area contributed by atoms with Gasteiger partial charge in [-0.2, -0.15) is 4.39 Å². The van der Waals surface area contributed by atoms with Crippen LogP contribution in [0.25, 0.3) is 0 Å². The van der Waals surface area contributed by atoms with Gasteiger partial charge in [0, 0.05) is 21.8 Å². The van der Waals surface area contributed by atoms with E-state index in [9.17, 15) is 21.6 Å². The van der Waals surface area contributed by atoms with E-state index < -0.39 is 37.6 Å². The van der Waals surface area contributed by atoms with Crippen LogP contribution in [0, 0.1) is 12.9 Å². The van der Waals surface area contributed by atoms with E-state index in [-0.39, 0.29) is 0 Å². The van der Waals surface area contributed by atoms with Crippen LogP contribution in [0.5, 0.6) is 0 Å². The zero-order valence-corrected chi connectivity index (χ0v) is 8.91. The first kappa shape index (κ1) is 12.3. The summed E-state index contributed by atoms with van der Waals surface area (Å²) in [5.41, 5.74) is -1.13. The second-order valence-electron chi connectivity index (χ2n) is 2.70. The van der Waals surface area contributed by atoms with E-state index in [1.165, 1.54) is 0 Å². The Hall–Kier alpha value is -0.820. The lowest BCUT2D eigenvalue weighted by Crippen LogP contribution is -2.03. The Bertz CT molecular complexity index is 489. The van der Waals surface area contributed by atoms with Gasteiger partial charge in [0.05, 0.1) is 0 Å². The Morgan fingerprint density at radius 1 is 1.47 bits per heavy atom. The van der Waals surface area contributed by atoms with Crippen LogP contribution in [0.1, 0.15) is 17.6 Å². The van der Waals surface area contributed by atoms with Gasteiger partial charge in [-0.15, -0.1) is 0 Å². The molecule has 0 saturated heterocycles. The number of halogens is 4. The molecule has 0 aliphatic heterocycles. The molecule has 0 unspecified atom stereocenters. The minimum absolute atomic E-state index is 0.394. The molecule has 1 aromatic rings. The normalized spacial score (nSPS) is 12.1. The SMILES string of the molecule is Cc1c(C(F)F)cc(S(=O)(=O)Cl)nc1F. The number of pyridine rings is 1. The van der Waals surface area contributed by atoms with Gasteiger partial charge in [-0.25, -0.2) is 22.2 Å². The summed E-state index contributed by atoms with van der Waals surface area (Å²) < 4.78 is 59.2. The van der Waals surface area contributed by atoms with Crippen molar-refractivity contribution in [1.82, 2.24) is 4.98 Å². The van der Waals surface area contributed by atoms with Crippen molar-refractivity contribution in [3.05, 3.63) is 23.1 Å². The molecule has 0 atom stereocenters. The Balaban J connectivity index is 3.50. The van der Waals surface area contributed by atoms with Crippen molar-refractivity contribution in [1.29, 1.82) is 0 Å². The quantitative estimate of drug-likeness (QED) is 0.605. The molecule has 84 valence electrons. The van der Waals surface area contributed by atoms with Crippen molar-refractivity contribution in [3.63, 3.8) is 0 Å². The molecule has 0 aromatic carbocycles. The standard InChI is InChI=1S/C7H5ClF3NO2S/c1-3-4(6(9)10)2-5(12-7(3)11)15(8,13)14/h2,6H,1H3. The van der Waals surface area contributed by atoms with E-state index in [2.05, 4.69) is 4.98 Å². The summed E-state index contributed by atoms with van der Waals surface area (Å²) in [6.07, 6.45) is -2.99. The minimum atomic E-state index is -4.31. The highest BCUT2D eigenvalue weighted by atomic mass is 35.7. The number of nitrogens with zero attached hydrogens (tertiary/aromatic N) is 1. The molecule has 1 heterocycles. The minimum Gasteiger partial charge on any atom is -0.206 e. The van der Waals surface area contributed by atoms with Crippen molar-refractivity contribution in [3.8, 4) is 0 Å². The first-order chi connectivity index (χ1) is 6.73. The van der Waals surface area contributed by atoms with E-state index >= 15 is 0 Å². The maximum atomic E-state index is 13.0. The van der Waals surface area contributed by atoms with Gasteiger partial charge in [0.15, 0.2) is 5.03 Å². The average molecular weight is 260 g/mol. The molecular weight excluding hydrogens is 255 g/mol. The molecule has 1 rings (SSSR count). The van der Waals surface area contributed by atoms with Crippen LogP contribution in [-0.2, 0) is 9.05 Å². The van der Waals surface area contributed by atoms with Crippen molar-refractivity contribution >= 4 is 19.7 Å². The monoisotopic (exact) mass is 259 g/mol. The second-order valence-corrected chi connectivity index (χ2v) is 5.22. The van der Waals surface area contributed by atoms with Crippen molar-refractivity contribution in [2.45, 2.75) is 18.4 Å². The number of alkyl halides is 2. The summed E-state index contributed by atoms with van der Waals surface area (Å²) in [5, 5.41) is -0.914. The van der Waals surface area contributed by atoms with Crippen LogP contribution in [-0.4, -0.2) is 13.4 Å². The number of hydrogen-bond donors (Lipinski definition) is 0. The fourth-order valence-electron chi connectivity index (χ4n) is 0.925. The van der Waals surface area contributed by atoms with Gasteiger partial charge < -0.3 is 0 Å². The Morgan fingerprint density at radius 3 is 2.40 bits per heavy atom. The number of rotatable bonds is 2. The van der Waals surface area contributed by atoms with Gasteiger partial charge in [-0.3, -0.25) is 0 Å². The molecule has 8 heteroatoms. The largest absolute Gasteiger partial charge is 0.278 e. The Kier molecular flexibility index (Phi) is 3.25. The lowest BCUT2D eigenvalue weighted by atomic mass is 10.2. The Labute approximate surface area is 88.3 Å². The molecule has 0 spiro atoms. The molecule has 0 aliphatic rings. The fraction of sp³-hybridized carbons (Fsp3) is 0.286. The maximum absolute atomic E-state index is 13.0. The van der Waals surface area contributed by atoms with Gasteiger partial charge in [-0.05, 0) is 13.0 Å². The topological polar surface area (TPSA) is 47.0 Å². The molecule has 15 heavy (non-hydrogen) atoms. The van der Waals surface area contributed by atoms with Crippen LogP contribution >= 0.6 is 10.7 Å². The molecule has 0 saturated carbocycles. The number of aromatic nitrogens is 1. The summed E-state index contributed by atoms with van der Waals surface area (Å²) in [7, 11) is 0.547. The van der Waals surface area contributed by atoms with Crippen LogP contribution in [0.3, 0.4) is 0 Å². The first-order valence-electron chi connectivity index (χ1n) is 3.63. The third-order valence-corrected chi connectivity index (χ3v) is 2.90. The zero-order chi connectivity index (χ0) is 11.8. The molecule has 0 N–H and O–H groups in total. The predicted molar refractivity (Wildman–Crippen MR) is 46.9 cm³/mol. The molecule has 3 nitrogen and oxygen atoms in total. The summed E-state index contributed by atoms with van der Waals surface area (Å²) in [6, 6.07) is 0.561. The van der Waals surface area contributed by atoms with Gasteiger partial charge in [0.1, 0.15) is 0 Å². The maximum Gasteiger partial charge on any atom is 0.278 e. The first-order valence-corrected chi connectivity index (χ1v) is 5.94. The van der Waals surface area contributed by atoms with E-state index in [1.807, 2.05) is 0 Å². The Morgan fingerprint density at radius 2 is 2.00 bits per heavy atom. The van der Waals surface area contributed by atoms with E-state index in [1.54, 1.807) is 0 Å². The molecule has 1 aromatic heterocycles. The molecule has 0 bridgehead atoms. The average Bonchev–Trinajstić information content (AvgIpc) is 2.06. The highest BCUT2D eigenvalue weighted by molar-refractivity contribution is 8.13. The summed E-state index contributed by atoms with van der Waals surface area (Å²) >= 11 is 0. The highest BCUT2D eigenvalue weighted by Crippen LogP contribution is 2.26. The van der Waals surface area contributed by atoms with E-state index in [0.717, 1.165) is 6.92 Å². The van der Waals surface area contributed by atoms with E-state index in [4.69, 9.17) is 10.7 Å². The van der Waals surface area contributed by atoms with Gasteiger partial charge in [0.2, 0.25) is 5.95 Å². The third-order valence-electron chi connectivity index (χ3n) is 1.71. The highest BCUT2D eigenvalue weighted by Gasteiger charge is 2.21. The van der Waals surface area contributed by atoms with Gasteiger partial charge in [0.25, 0.3) is 15.5 Å². The van der Waals surface area contributed by atoms with Crippen molar-refractivity contribution in [2.75, 3.05) is 0 Å². The third kappa shape index (κ3) is 2.60. The van der Waals surface area contributed by atoms with Crippen molar-refractivity contribution in [2.24, 2.45) is 0 Å². The fourth-order valence-corrected chi connectivity index (χ4v) is 1.62. The smallest absolute Gasteiger partial charge is 0.206 e. The van der Waals surface area contributed by atoms with Gasteiger partial charge in [-0.1, -0.05) is 0 Å². The predicted octanol–water partition coefficient (Wildman–Crippen LogP) is 2.39. The van der Waals surface area contributed by atoms with Crippen molar-refractivity contribution < 1.29 is 21.6 Å². The summed E-state index contributed by atoms with van der Waals surface area (Å²) in [5.74, 6) is -1.27. The molecule has 0 amide bonds. The van der Waals surface area contributed by atoms with Crippen LogP contribution < -0.4 is 0 Å². The summed E-state index contributed by atoms with van der Waals surface area (Å²) in [6.45, 7) is 1.08. The van der Waals surface area contributed by atoms with Crippen LogP contribution in [0.2, 0.25) is 0 Å². The zero-order valence-electron chi connectivity index (χ0n) is 7.34. The van der Waals surface area contributed by atoms with E-state index in [0.29, 0.717) is 6.07 Å². The van der Waals surface area contributed by atoms with Gasteiger partial charge >= 0.3 is 0 Å². The second kappa shape index (κ2) is 3.97. The summed E-state index contributed by atoms with van der Waals surface area (Å²) in [4.78, 5) is 2.97. The van der Waals surface area contributed by atoms with Crippen LogP contribution in [0.4, 0.5) is 13.2 Å². The lowest BCUT2D eigenvalue weighted by molar-refractivity contribution is 0.149. The lowest BCUT2D eigenvalue weighted by Gasteiger charge is -2.06. The molecule has 0 radical (unpaired) electrons. The number of hydrogen-bond acceptors (Lipinski definition) is 3. The van der Waals surface area contributed by atoms with Crippen LogP contribution in [0.15, 0.2) is 11.1 Å². The molecule has 0 fully saturated rings. The molecule has 0 aliphatic carbocycles.